The number of ether oxygens (including phenoxy) is 2. The number of carbonyl (C=O) groups excluding carboxylic acids is 1. The number of aliphatic carboxylic acids is 1. The average Bonchev–Trinajstić information content (AvgIpc) is 2.94. The molecule has 214 valence electrons. The third kappa shape index (κ3) is 7.77. The lowest BCUT2D eigenvalue weighted by Gasteiger charge is -2.18. The number of benzene rings is 3. The van der Waals surface area contributed by atoms with E-state index in [4.69, 9.17) is 9.47 Å². The van der Waals surface area contributed by atoms with Crippen LogP contribution in [0.1, 0.15) is 27.9 Å². The topological polar surface area (TPSA) is 131 Å². The van der Waals surface area contributed by atoms with Crippen LogP contribution < -0.4 is 19.5 Å². The highest BCUT2D eigenvalue weighted by Gasteiger charge is 2.24. The Balaban J connectivity index is 1.89. The highest BCUT2D eigenvalue weighted by Crippen LogP contribution is 2.30. The van der Waals surface area contributed by atoms with Crippen LogP contribution in [0, 0.1) is 6.92 Å². The van der Waals surface area contributed by atoms with Crippen LogP contribution in [0.3, 0.4) is 0 Å². The second kappa shape index (κ2) is 14.2. The van der Waals surface area contributed by atoms with Crippen molar-refractivity contribution in [2.24, 2.45) is 0 Å². The molecule has 3 N–H and O–H groups in total. The summed E-state index contributed by atoms with van der Waals surface area (Å²) in [6.45, 7) is 1.99. The van der Waals surface area contributed by atoms with Gasteiger partial charge in [-0.15, -0.1) is 0 Å². The smallest absolute Gasteiger partial charge is 0.326 e. The van der Waals surface area contributed by atoms with Gasteiger partial charge in [-0.1, -0.05) is 30.3 Å². The third-order valence-electron chi connectivity index (χ3n) is 6.35. The lowest BCUT2D eigenvalue weighted by Crippen LogP contribution is -2.41. The first-order valence-corrected chi connectivity index (χ1v) is 15.4. The lowest BCUT2D eigenvalue weighted by atomic mass is 9.95. The van der Waals surface area contributed by atoms with Gasteiger partial charge in [0.2, 0.25) is 10.0 Å². The number of rotatable bonds is 14. The molecular formula is C29H34N2O7S2. The molecule has 0 radical (unpaired) electrons. The molecule has 1 unspecified atom stereocenters. The second-order valence-corrected chi connectivity index (χ2v) is 11.8. The van der Waals surface area contributed by atoms with Crippen LogP contribution in [0.15, 0.2) is 65.6 Å². The van der Waals surface area contributed by atoms with E-state index in [1.807, 2.05) is 31.4 Å². The van der Waals surface area contributed by atoms with Gasteiger partial charge in [0.15, 0.2) is 11.5 Å². The molecular weight excluding hydrogens is 552 g/mol. The SMILES string of the molecule is COc1ccc(CCNS(=O)(=O)c2ccc(C(=O)NC(CCSC)C(=O)O)c(-c3ccccc3C)c2)cc1OC. The molecule has 0 heterocycles. The molecule has 0 aliphatic heterocycles. The number of amides is 1. The molecule has 3 aromatic carbocycles. The Morgan fingerprint density at radius 3 is 2.35 bits per heavy atom. The summed E-state index contributed by atoms with van der Waals surface area (Å²) in [6.07, 6.45) is 2.54. The molecule has 9 nitrogen and oxygen atoms in total. The first-order chi connectivity index (χ1) is 19.1. The van der Waals surface area contributed by atoms with Crippen molar-refractivity contribution in [3.8, 4) is 22.6 Å². The number of sulfonamides is 1. The zero-order valence-corrected chi connectivity index (χ0v) is 24.5. The van der Waals surface area contributed by atoms with Gasteiger partial charge in [-0.05, 0) is 84.4 Å². The minimum atomic E-state index is -3.93. The summed E-state index contributed by atoms with van der Waals surface area (Å²) in [7, 11) is -0.850. The number of aryl methyl sites for hydroxylation is 1. The Morgan fingerprint density at radius 1 is 0.975 bits per heavy atom. The summed E-state index contributed by atoms with van der Waals surface area (Å²) in [5.41, 5.74) is 2.96. The van der Waals surface area contributed by atoms with Crippen molar-refractivity contribution in [2.45, 2.75) is 30.7 Å². The number of hydrogen-bond donors (Lipinski definition) is 3. The molecule has 0 aliphatic carbocycles. The molecule has 0 spiro atoms. The zero-order valence-electron chi connectivity index (χ0n) is 22.9. The molecule has 3 aromatic rings. The van der Waals surface area contributed by atoms with E-state index in [1.54, 1.807) is 31.4 Å². The predicted molar refractivity (Wildman–Crippen MR) is 157 cm³/mol. The average molecular weight is 587 g/mol. The van der Waals surface area contributed by atoms with Crippen molar-refractivity contribution in [1.29, 1.82) is 0 Å². The van der Waals surface area contributed by atoms with Crippen LogP contribution in [0.4, 0.5) is 0 Å². The highest BCUT2D eigenvalue weighted by atomic mass is 32.2. The van der Waals surface area contributed by atoms with Crippen molar-refractivity contribution in [3.05, 3.63) is 77.4 Å². The fourth-order valence-corrected chi connectivity index (χ4v) is 5.69. The van der Waals surface area contributed by atoms with Gasteiger partial charge in [-0.3, -0.25) is 4.79 Å². The predicted octanol–water partition coefficient (Wildman–Crippen LogP) is 4.14. The van der Waals surface area contributed by atoms with E-state index in [0.717, 1.165) is 11.1 Å². The van der Waals surface area contributed by atoms with Crippen molar-refractivity contribution in [3.63, 3.8) is 0 Å². The highest BCUT2D eigenvalue weighted by molar-refractivity contribution is 7.98. The molecule has 0 fully saturated rings. The molecule has 11 heteroatoms. The number of nitrogens with one attached hydrogen (secondary N) is 2. The maximum atomic E-state index is 13.3. The standard InChI is InChI=1S/C29H34N2O7S2/c1-19-7-5-6-8-22(19)24-18-21(10-11-23(24)28(32)31-25(29(33)34)14-16-39-4)40(35,36)30-15-13-20-9-12-26(37-2)27(17-20)38-3/h5-12,17-18,25,30H,13-16H2,1-4H3,(H,31,32)(H,33,34). The van der Waals surface area contributed by atoms with E-state index in [9.17, 15) is 23.1 Å². The van der Waals surface area contributed by atoms with Gasteiger partial charge in [0.05, 0.1) is 19.1 Å². The number of carbonyl (C=O) groups is 2. The molecule has 0 aromatic heterocycles. The minimum Gasteiger partial charge on any atom is -0.493 e. The van der Waals surface area contributed by atoms with Gasteiger partial charge in [-0.2, -0.15) is 11.8 Å². The van der Waals surface area contributed by atoms with Crippen LogP contribution in [0.5, 0.6) is 11.5 Å². The Hall–Kier alpha value is -3.54. The van der Waals surface area contributed by atoms with Gasteiger partial charge in [0.1, 0.15) is 6.04 Å². The maximum absolute atomic E-state index is 13.3. The van der Waals surface area contributed by atoms with Gasteiger partial charge < -0.3 is 19.9 Å². The Kier molecular flexibility index (Phi) is 11.0. The normalized spacial score (nSPS) is 12.0. The van der Waals surface area contributed by atoms with Crippen molar-refractivity contribution in [1.82, 2.24) is 10.0 Å². The second-order valence-electron chi connectivity index (χ2n) is 9.01. The quantitative estimate of drug-likeness (QED) is 0.257. The van der Waals surface area contributed by atoms with Gasteiger partial charge in [-0.25, -0.2) is 17.9 Å². The molecule has 40 heavy (non-hydrogen) atoms. The summed E-state index contributed by atoms with van der Waals surface area (Å²) >= 11 is 1.49. The number of carboxylic acid groups (broad SMARTS) is 1. The summed E-state index contributed by atoms with van der Waals surface area (Å²) in [5, 5.41) is 12.2. The van der Waals surface area contributed by atoms with Gasteiger partial charge in [0.25, 0.3) is 5.91 Å². The number of methoxy groups -OCH3 is 2. The monoisotopic (exact) mass is 586 g/mol. The first-order valence-electron chi connectivity index (χ1n) is 12.5. The third-order valence-corrected chi connectivity index (χ3v) is 8.45. The maximum Gasteiger partial charge on any atom is 0.326 e. The van der Waals surface area contributed by atoms with Crippen LogP contribution in [-0.2, 0) is 21.2 Å². The van der Waals surface area contributed by atoms with Crippen molar-refractivity contribution >= 4 is 33.7 Å². The van der Waals surface area contributed by atoms with Crippen LogP contribution in [0.2, 0.25) is 0 Å². The number of thioether (sulfide) groups is 1. The molecule has 0 saturated carbocycles. The summed E-state index contributed by atoms with van der Waals surface area (Å²) in [5.74, 6) is -0.0136. The minimum absolute atomic E-state index is 0.00761. The largest absolute Gasteiger partial charge is 0.493 e. The summed E-state index contributed by atoms with van der Waals surface area (Å²) in [4.78, 5) is 25.0. The van der Waals surface area contributed by atoms with Gasteiger partial charge in [0, 0.05) is 12.1 Å². The number of carboxylic acids is 1. The van der Waals surface area contributed by atoms with Crippen LogP contribution >= 0.6 is 11.8 Å². The van der Waals surface area contributed by atoms with Crippen molar-refractivity contribution < 1.29 is 32.6 Å². The summed E-state index contributed by atoms with van der Waals surface area (Å²) in [6, 6.07) is 15.9. The van der Waals surface area contributed by atoms with Crippen LogP contribution in [-0.4, -0.2) is 64.2 Å². The fourth-order valence-electron chi connectivity index (χ4n) is 4.16. The van der Waals surface area contributed by atoms with Crippen molar-refractivity contribution in [2.75, 3.05) is 32.8 Å². The number of hydrogen-bond acceptors (Lipinski definition) is 7. The van der Waals surface area contributed by atoms with Crippen LogP contribution in [0.25, 0.3) is 11.1 Å². The molecule has 0 bridgehead atoms. The fraction of sp³-hybridized carbons (Fsp3) is 0.310. The van der Waals surface area contributed by atoms with E-state index < -0.39 is 27.9 Å². The summed E-state index contributed by atoms with van der Waals surface area (Å²) < 4.78 is 39.7. The first kappa shape index (κ1) is 31.0. The van der Waals surface area contributed by atoms with E-state index in [2.05, 4.69) is 10.0 Å². The van der Waals surface area contributed by atoms with E-state index in [1.165, 1.54) is 37.1 Å². The van der Waals surface area contributed by atoms with Gasteiger partial charge >= 0.3 is 5.97 Å². The Morgan fingerprint density at radius 2 is 1.70 bits per heavy atom. The Labute approximate surface area is 239 Å². The van der Waals surface area contributed by atoms with E-state index in [0.29, 0.717) is 34.8 Å². The molecule has 0 saturated heterocycles. The van der Waals surface area contributed by atoms with E-state index in [-0.39, 0.29) is 23.4 Å². The van der Waals surface area contributed by atoms with E-state index >= 15 is 0 Å². The molecule has 0 aliphatic rings. The molecule has 1 atom stereocenters. The molecule has 1 amide bonds. The molecule has 3 rings (SSSR count). The zero-order chi connectivity index (χ0) is 29.3. The Bertz CT molecular complexity index is 1460. The lowest BCUT2D eigenvalue weighted by molar-refractivity contribution is -0.139.